The second kappa shape index (κ2) is 9.37. The molecule has 5 aromatic rings. The fourth-order valence-corrected chi connectivity index (χ4v) is 4.26. The molecular formula is C27H17Br2N3O2. The molecule has 34 heavy (non-hydrogen) atoms. The normalized spacial score (nSPS) is 11.8. The number of halogens is 2. The number of rotatable bonds is 4. The van der Waals surface area contributed by atoms with Crippen molar-refractivity contribution in [3.63, 3.8) is 0 Å². The summed E-state index contributed by atoms with van der Waals surface area (Å²) in [6, 6.07) is 24.1. The zero-order valence-corrected chi connectivity index (χ0v) is 20.8. The maximum atomic E-state index is 10.0. The standard InChI is InChI=1S/C27H17Br2N3O2/c28-20-3-7-26(33)18(10-20)14-30-22-5-1-16-9-17-2-6-23(13-25(17)32-24(16)12-22)31-15-19-11-21(29)4-8-27(19)34/h1-15,33-34H. The summed E-state index contributed by atoms with van der Waals surface area (Å²) < 4.78 is 1.74. The first-order valence-corrected chi connectivity index (χ1v) is 11.9. The Labute approximate surface area is 212 Å². The second-order valence-electron chi connectivity index (χ2n) is 7.67. The number of hydrogen-bond acceptors (Lipinski definition) is 5. The molecule has 0 radical (unpaired) electrons. The molecule has 0 saturated heterocycles. The van der Waals surface area contributed by atoms with Gasteiger partial charge >= 0.3 is 0 Å². The highest BCUT2D eigenvalue weighted by Gasteiger charge is 2.04. The number of pyridine rings is 1. The highest BCUT2D eigenvalue weighted by molar-refractivity contribution is 9.10. The molecule has 5 rings (SSSR count). The third-order valence-electron chi connectivity index (χ3n) is 5.26. The first-order valence-electron chi connectivity index (χ1n) is 10.3. The average Bonchev–Trinajstić information content (AvgIpc) is 2.83. The van der Waals surface area contributed by atoms with Gasteiger partial charge in [0.05, 0.1) is 22.4 Å². The number of benzene rings is 4. The van der Waals surface area contributed by atoms with E-state index in [4.69, 9.17) is 4.98 Å². The Kier molecular flexibility index (Phi) is 6.13. The molecule has 166 valence electrons. The van der Waals surface area contributed by atoms with E-state index < -0.39 is 0 Å². The predicted octanol–water partition coefficient (Wildman–Crippen LogP) is 7.83. The Balaban J connectivity index is 1.47. The monoisotopic (exact) mass is 573 g/mol. The lowest BCUT2D eigenvalue weighted by molar-refractivity contribution is 0.474. The van der Waals surface area contributed by atoms with Crippen LogP contribution in [0.5, 0.6) is 11.5 Å². The Hall–Kier alpha value is -3.55. The van der Waals surface area contributed by atoms with Gasteiger partial charge in [0.15, 0.2) is 0 Å². The van der Waals surface area contributed by atoms with Crippen molar-refractivity contribution in [1.29, 1.82) is 0 Å². The smallest absolute Gasteiger partial charge is 0.124 e. The van der Waals surface area contributed by atoms with Gasteiger partial charge in [-0.1, -0.05) is 44.0 Å². The van der Waals surface area contributed by atoms with Gasteiger partial charge in [-0.3, -0.25) is 9.98 Å². The van der Waals surface area contributed by atoms with Gasteiger partial charge in [-0.05, 0) is 66.7 Å². The van der Waals surface area contributed by atoms with Crippen molar-refractivity contribution in [1.82, 2.24) is 4.98 Å². The zero-order valence-electron chi connectivity index (χ0n) is 17.7. The van der Waals surface area contributed by atoms with Gasteiger partial charge < -0.3 is 10.2 Å². The molecular weight excluding hydrogens is 558 g/mol. The van der Waals surface area contributed by atoms with Crippen LogP contribution in [0.4, 0.5) is 11.4 Å². The summed E-state index contributed by atoms with van der Waals surface area (Å²) in [7, 11) is 0. The summed E-state index contributed by atoms with van der Waals surface area (Å²) in [6.07, 6.45) is 3.26. The minimum Gasteiger partial charge on any atom is -0.507 e. The molecule has 0 spiro atoms. The van der Waals surface area contributed by atoms with E-state index in [1.807, 2.05) is 48.5 Å². The molecule has 1 aromatic heterocycles. The SMILES string of the molecule is Oc1ccc(Br)cc1C=Nc1ccc2cc3ccc(N=Cc4cc(Br)ccc4O)cc3nc2c1. The van der Waals surface area contributed by atoms with Crippen LogP contribution in [-0.2, 0) is 0 Å². The van der Waals surface area contributed by atoms with Crippen molar-refractivity contribution in [2.75, 3.05) is 0 Å². The predicted molar refractivity (Wildman–Crippen MR) is 145 cm³/mol. The number of nitrogens with zero attached hydrogens (tertiary/aromatic N) is 3. The average molecular weight is 575 g/mol. The first-order chi connectivity index (χ1) is 16.4. The lowest BCUT2D eigenvalue weighted by Gasteiger charge is -2.04. The van der Waals surface area contributed by atoms with Crippen LogP contribution < -0.4 is 0 Å². The van der Waals surface area contributed by atoms with Gasteiger partial charge in [0, 0.05) is 43.3 Å². The van der Waals surface area contributed by atoms with Crippen LogP contribution in [0.3, 0.4) is 0 Å². The van der Waals surface area contributed by atoms with Crippen molar-refractivity contribution < 1.29 is 10.2 Å². The van der Waals surface area contributed by atoms with E-state index in [0.29, 0.717) is 11.1 Å². The van der Waals surface area contributed by atoms with Gasteiger partial charge in [-0.25, -0.2) is 4.98 Å². The van der Waals surface area contributed by atoms with Crippen molar-refractivity contribution >= 4 is 77.5 Å². The number of hydrogen-bond donors (Lipinski definition) is 2. The Morgan fingerprint density at radius 2 is 1.06 bits per heavy atom. The van der Waals surface area contributed by atoms with Gasteiger partial charge in [-0.15, -0.1) is 0 Å². The molecule has 0 aliphatic heterocycles. The van der Waals surface area contributed by atoms with Gasteiger partial charge in [0.2, 0.25) is 0 Å². The van der Waals surface area contributed by atoms with Gasteiger partial charge in [0.1, 0.15) is 11.5 Å². The molecule has 7 heteroatoms. The minimum absolute atomic E-state index is 0.168. The van der Waals surface area contributed by atoms with Crippen LogP contribution in [0.1, 0.15) is 11.1 Å². The van der Waals surface area contributed by atoms with Crippen LogP contribution in [0.2, 0.25) is 0 Å². The van der Waals surface area contributed by atoms with E-state index in [-0.39, 0.29) is 11.5 Å². The van der Waals surface area contributed by atoms with Gasteiger partial charge in [0.25, 0.3) is 0 Å². The van der Waals surface area contributed by atoms with Crippen molar-refractivity contribution in [3.8, 4) is 11.5 Å². The number of aromatic hydroxyl groups is 2. The Morgan fingerprint density at radius 1 is 0.588 bits per heavy atom. The van der Waals surface area contributed by atoms with E-state index in [0.717, 1.165) is 42.1 Å². The number of phenolic OH excluding ortho intramolecular Hbond substituents is 2. The van der Waals surface area contributed by atoms with Crippen molar-refractivity contribution in [2.45, 2.75) is 0 Å². The second-order valence-corrected chi connectivity index (χ2v) is 9.50. The molecule has 1 heterocycles. The number of fused-ring (bicyclic) bond motifs is 2. The summed E-state index contributed by atoms with van der Waals surface area (Å²) >= 11 is 6.82. The topological polar surface area (TPSA) is 78.1 Å². The lowest BCUT2D eigenvalue weighted by Crippen LogP contribution is -1.85. The summed E-state index contributed by atoms with van der Waals surface area (Å²) in [4.78, 5) is 13.8. The molecule has 4 aromatic carbocycles. The number of phenols is 2. The highest BCUT2D eigenvalue weighted by Crippen LogP contribution is 2.28. The first kappa shape index (κ1) is 22.3. The van der Waals surface area contributed by atoms with Crippen molar-refractivity contribution in [2.24, 2.45) is 9.98 Å². The van der Waals surface area contributed by atoms with Crippen LogP contribution >= 0.6 is 31.9 Å². The molecule has 0 aliphatic carbocycles. The summed E-state index contributed by atoms with van der Waals surface area (Å²) in [6.45, 7) is 0. The van der Waals surface area contributed by atoms with Crippen LogP contribution in [0.15, 0.2) is 97.8 Å². The Morgan fingerprint density at radius 3 is 1.53 bits per heavy atom. The van der Waals surface area contributed by atoms with Crippen LogP contribution in [0, 0.1) is 0 Å². The molecule has 0 fully saturated rings. The summed E-state index contributed by atoms with van der Waals surface area (Å²) in [5.41, 5.74) is 4.34. The molecule has 5 nitrogen and oxygen atoms in total. The van der Waals surface area contributed by atoms with Gasteiger partial charge in [-0.2, -0.15) is 0 Å². The van der Waals surface area contributed by atoms with E-state index in [9.17, 15) is 10.2 Å². The molecule has 0 atom stereocenters. The lowest BCUT2D eigenvalue weighted by atomic mass is 10.1. The van der Waals surface area contributed by atoms with E-state index >= 15 is 0 Å². The maximum absolute atomic E-state index is 10.0. The summed E-state index contributed by atoms with van der Waals surface area (Å²) in [5.74, 6) is 0.335. The molecule has 0 amide bonds. The van der Waals surface area contributed by atoms with E-state index in [2.05, 4.69) is 47.9 Å². The molecule has 0 saturated carbocycles. The highest BCUT2D eigenvalue weighted by atomic mass is 79.9. The third-order valence-corrected chi connectivity index (χ3v) is 6.25. The number of aliphatic imine (C=N–C) groups is 2. The Bertz CT molecular complexity index is 1500. The van der Waals surface area contributed by atoms with E-state index in [1.54, 1.807) is 36.7 Å². The van der Waals surface area contributed by atoms with Crippen LogP contribution in [-0.4, -0.2) is 27.6 Å². The summed E-state index contributed by atoms with van der Waals surface area (Å²) in [5, 5.41) is 22.1. The van der Waals surface area contributed by atoms with Crippen LogP contribution in [0.25, 0.3) is 21.8 Å². The fraction of sp³-hybridized carbons (Fsp3) is 0. The zero-order chi connectivity index (χ0) is 23.7. The fourth-order valence-electron chi connectivity index (χ4n) is 3.51. The number of aromatic nitrogens is 1. The van der Waals surface area contributed by atoms with E-state index in [1.165, 1.54) is 0 Å². The molecule has 0 unspecified atom stereocenters. The largest absolute Gasteiger partial charge is 0.507 e. The minimum atomic E-state index is 0.168. The third kappa shape index (κ3) is 4.85. The maximum Gasteiger partial charge on any atom is 0.124 e. The molecule has 0 aliphatic rings. The van der Waals surface area contributed by atoms with Crippen molar-refractivity contribution in [3.05, 3.63) is 98.9 Å². The quantitative estimate of drug-likeness (QED) is 0.170. The molecule has 2 N–H and O–H groups in total. The molecule has 0 bridgehead atoms.